The van der Waals surface area contributed by atoms with E-state index in [-0.39, 0.29) is 17.5 Å². The largest absolute Gasteiger partial charge is 0.861 e. The summed E-state index contributed by atoms with van der Waals surface area (Å²) in [5.41, 5.74) is 3.30. The highest BCUT2D eigenvalue weighted by Gasteiger charge is 2.22. The minimum absolute atomic E-state index is 0.0451. The fourth-order valence-electron chi connectivity index (χ4n) is 3.30. The van der Waals surface area contributed by atoms with Gasteiger partial charge in [-0.1, -0.05) is 41.6 Å². The van der Waals surface area contributed by atoms with E-state index in [0.29, 0.717) is 10.6 Å². The Balaban J connectivity index is 1.45. The Morgan fingerprint density at radius 3 is 2.74 bits per heavy atom. The van der Waals surface area contributed by atoms with E-state index in [9.17, 15) is 10.4 Å². The van der Waals surface area contributed by atoms with Crippen molar-refractivity contribution in [2.75, 3.05) is 23.9 Å². The monoisotopic (exact) mass is 434 g/mol. The SMILES string of the molecule is Cc1ccc(-c2ccc(C#N)c(SC/C([O-])=N/c3c[n+](N4CCCCC4)no3)n2)cc1. The zero-order chi connectivity index (χ0) is 21.6. The van der Waals surface area contributed by atoms with Crippen molar-refractivity contribution in [1.29, 1.82) is 5.26 Å². The van der Waals surface area contributed by atoms with Crippen LogP contribution in [0.4, 0.5) is 5.88 Å². The third-order valence-electron chi connectivity index (χ3n) is 4.96. The first kappa shape index (κ1) is 20.9. The number of thioether (sulfide) groups is 1. The molecule has 0 bridgehead atoms. The van der Waals surface area contributed by atoms with Gasteiger partial charge in [-0.3, -0.25) is 4.52 Å². The van der Waals surface area contributed by atoms with Crippen LogP contribution >= 0.6 is 11.8 Å². The number of pyridine rings is 1. The summed E-state index contributed by atoms with van der Waals surface area (Å²) in [7, 11) is 0. The molecular weight excluding hydrogens is 412 g/mol. The van der Waals surface area contributed by atoms with Gasteiger partial charge in [-0.2, -0.15) is 10.3 Å². The van der Waals surface area contributed by atoms with E-state index in [0.717, 1.165) is 42.8 Å². The average molecular weight is 435 g/mol. The molecule has 158 valence electrons. The second kappa shape index (κ2) is 9.62. The van der Waals surface area contributed by atoms with Gasteiger partial charge in [-0.05, 0) is 44.2 Å². The number of piperidine rings is 1. The van der Waals surface area contributed by atoms with E-state index in [2.05, 4.69) is 26.3 Å². The number of hydrogen-bond acceptors (Lipinski definition) is 8. The van der Waals surface area contributed by atoms with Crippen LogP contribution in [0.15, 0.2) is 57.1 Å². The van der Waals surface area contributed by atoms with Gasteiger partial charge in [-0.15, -0.1) is 0 Å². The fraction of sp³-hybridized carbons (Fsp3) is 0.318. The molecule has 0 radical (unpaired) electrons. The summed E-state index contributed by atoms with van der Waals surface area (Å²) in [5.74, 6) is -0.167. The number of aliphatic imine (C=N–C) groups is 1. The topological polar surface area (TPSA) is 105 Å². The molecule has 2 aromatic heterocycles. The molecule has 31 heavy (non-hydrogen) atoms. The van der Waals surface area contributed by atoms with Crippen LogP contribution < -0.4 is 14.9 Å². The molecule has 0 aliphatic carbocycles. The van der Waals surface area contributed by atoms with E-state index in [1.54, 1.807) is 17.1 Å². The van der Waals surface area contributed by atoms with Gasteiger partial charge in [0.25, 0.3) is 6.20 Å². The molecule has 0 atom stereocenters. The van der Waals surface area contributed by atoms with E-state index in [1.165, 1.54) is 18.2 Å². The van der Waals surface area contributed by atoms with Gasteiger partial charge in [0.05, 0.1) is 29.1 Å². The molecule has 0 spiro atoms. The van der Waals surface area contributed by atoms with E-state index >= 15 is 0 Å². The van der Waals surface area contributed by atoms with Crippen LogP contribution in [0.2, 0.25) is 0 Å². The summed E-state index contributed by atoms with van der Waals surface area (Å²) >= 11 is 1.19. The van der Waals surface area contributed by atoms with Crippen LogP contribution in [0.5, 0.6) is 0 Å². The number of nitriles is 1. The fourth-order valence-corrected chi connectivity index (χ4v) is 4.06. The highest BCUT2D eigenvalue weighted by atomic mass is 32.2. The Kier molecular flexibility index (Phi) is 6.48. The average Bonchev–Trinajstić information content (AvgIpc) is 3.27. The van der Waals surface area contributed by atoms with Gasteiger partial charge in [0, 0.05) is 11.3 Å². The first-order valence-corrected chi connectivity index (χ1v) is 11.1. The van der Waals surface area contributed by atoms with Crippen LogP contribution in [-0.2, 0) is 0 Å². The van der Waals surface area contributed by atoms with Crippen LogP contribution in [0.3, 0.4) is 0 Å². The van der Waals surface area contributed by atoms with Crippen molar-refractivity contribution in [1.82, 2.24) is 10.3 Å². The molecule has 1 aliphatic heterocycles. The maximum absolute atomic E-state index is 12.4. The first-order valence-electron chi connectivity index (χ1n) is 10.1. The van der Waals surface area contributed by atoms with Crippen molar-refractivity contribution < 1.29 is 14.4 Å². The molecule has 1 fully saturated rings. The predicted molar refractivity (Wildman–Crippen MR) is 115 cm³/mol. The molecule has 3 aromatic rings. The summed E-state index contributed by atoms with van der Waals surface area (Å²) in [5, 5.41) is 28.3. The molecule has 1 aromatic carbocycles. The van der Waals surface area contributed by atoms with Gasteiger partial charge in [0.15, 0.2) is 0 Å². The molecule has 8 nitrogen and oxygen atoms in total. The Morgan fingerprint density at radius 1 is 1.23 bits per heavy atom. The van der Waals surface area contributed by atoms with Crippen molar-refractivity contribution in [3.63, 3.8) is 0 Å². The molecule has 0 N–H and O–H groups in total. The molecule has 3 heterocycles. The molecule has 4 rings (SSSR count). The van der Waals surface area contributed by atoms with Gasteiger partial charge < -0.3 is 5.11 Å². The summed E-state index contributed by atoms with van der Waals surface area (Å²) in [4.78, 5) is 10.2. The lowest BCUT2D eigenvalue weighted by Gasteiger charge is -2.17. The third-order valence-corrected chi connectivity index (χ3v) is 5.94. The Morgan fingerprint density at radius 2 is 2.00 bits per heavy atom. The Hall–Kier alpha value is -3.38. The van der Waals surface area contributed by atoms with Crippen molar-refractivity contribution in [3.8, 4) is 17.3 Å². The Labute approximate surface area is 184 Å². The number of benzene rings is 1. The quantitative estimate of drug-likeness (QED) is 0.254. The van der Waals surface area contributed by atoms with Gasteiger partial charge in [0.2, 0.25) is 5.27 Å². The maximum atomic E-state index is 12.4. The number of hydrogen-bond donors (Lipinski definition) is 0. The van der Waals surface area contributed by atoms with Crippen molar-refractivity contribution >= 4 is 23.5 Å². The smallest absolute Gasteiger partial charge is 0.324 e. The normalized spacial score (nSPS) is 14.5. The Bertz CT molecular complexity index is 1110. The minimum Gasteiger partial charge on any atom is -0.861 e. The lowest BCUT2D eigenvalue weighted by Crippen LogP contribution is -2.60. The number of nitrogens with zero attached hydrogens (tertiary/aromatic N) is 6. The van der Waals surface area contributed by atoms with Crippen molar-refractivity contribution in [2.24, 2.45) is 4.99 Å². The third kappa shape index (κ3) is 5.22. The van der Waals surface area contributed by atoms with E-state index in [4.69, 9.17) is 4.52 Å². The lowest BCUT2D eigenvalue weighted by molar-refractivity contribution is -0.759. The number of aromatic nitrogens is 3. The highest BCUT2D eigenvalue weighted by Crippen LogP contribution is 2.25. The molecule has 1 aliphatic rings. The van der Waals surface area contributed by atoms with Gasteiger partial charge >= 0.3 is 5.88 Å². The van der Waals surface area contributed by atoms with Crippen molar-refractivity contribution in [2.45, 2.75) is 31.2 Å². The number of rotatable bonds is 6. The highest BCUT2D eigenvalue weighted by molar-refractivity contribution is 7.99. The molecule has 0 amide bonds. The van der Waals surface area contributed by atoms with Crippen LogP contribution in [0, 0.1) is 18.3 Å². The summed E-state index contributed by atoms with van der Waals surface area (Å²) in [6.45, 7) is 3.83. The maximum Gasteiger partial charge on any atom is 0.324 e. The zero-order valence-electron chi connectivity index (χ0n) is 17.2. The lowest BCUT2D eigenvalue weighted by atomic mass is 10.1. The second-order valence-corrected chi connectivity index (χ2v) is 8.26. The van der Waals surface area contributed by atoms with Crippen LogP contribution in [0.25, 0.3) is 11.3 Å². The summed E-state index contributed by atoms with van der Waals surface area (Å²) in [6, 6.07) is 13.7. The molecular formula is C22H22N6O2S. The summed E-state index contributed by atoms with van der Waals surface area (Å²) < 4.78 is 5.18. The van der Waals surface area contributed by atoms with Crippen LogP contribution in [-0.4, -0.2) is 35.0 Å². The van der Waals surface area contributed by atoms with Gasteiger partial charge in [-0.25, -0.2) is 9.98 Å². The van der Waals surface area contributed by atoms with Crippen LogP contribution in [0.1, 0.15) is 30.4 Å². The van der Waals surface area contributed by atoms with E-state index in [1.807, 2.05) is 37.3 Å². The zero-order valence-corrected chi connectivity index (χ0v) is 18.0. The minimum atomic E-state index is -0.377. The van der Waals surface area contributed by atoms with Crippen molar-refractivity contribution in [3.05, 3.63) is 53.7 Å². The number of aryl methyl sites for hydroxylation is 1. The standard InChI is InChI=1S/C22H22N6O2S/c1-16-5-7-17(8-6-16)19-10-9-18(13-23)22(24-19)31-15-20(29)25-21-14-28(26-30-21)27-11-3-2-4-12-27/h5-10,14H,2-4,11-12,15H2,1H3. The molecule has 9 heteroatoms. The molecule has 0 saturated carbocycles. The molecule has 0 unspecified atom stereocenters. The predicted octanol–water partition coefficient (Wildman–Crippen LogP) is 2.51. The van der Waals surface area contributed by atoms with Gasteiger partial charge in [0.1, 0.15) is 11.1 Å². The first-order chi connectivity index (χ1) is 15.1. The summed E-state index contributed by atoms with van der Waals surface area (Å²) in [6.07, 6.45) is 5.05. The second-order valence-electron chi connectivity index (χ2n) is 7.30. The van der Waals surface area contributed by atoms with E-state index < -0.39 is 0 Å². The molecule has 1 saturated heterocycles.